The summed E-state index contributed by atoms with van der Waals surface area (Å²) in [6.45, 7) is 1.82. The molecular formula is C14H12O2. The molecule has 0 heterocycles. The molecule has 0 spiro atoms. The van der Waals surface area contributed by atoms with Gasteiger partial charge >= 0.3 is 0 Å². The maximum atomic E-state index is 12.1. The van der Waals surface area contributed by atoms with Crippen LogP contribution in [0.15, 0.2) is 48.5 Å². The zero-order valence-electron chi connectivity index (χ0n) is 8.97. The van der Waals surface area contributed by atoms with E-state index in [1.165, 1.54) is 6.07 Å². The number of aromatic hydroxyl groups is 1. The molecule has 0 aliphatic carbocycles. The van der Waals surface area contributed by atoms with Crippen LogP contribution < -0.4 is 0 Å². The Morgan fingerprint density at radius 1 is 1.06 bits per heavy atom. The second-order valence-corrected chi connectivity index (χ2v) is 3.69. The number of ketones is 1. The highest BCUT2D eigenvalue weighted by molar-refractivity contribution is 6.09. The first-order chi connectivity index (χ1) is 7.68. The van der Waals surface area contributed by atoms with Crippen LogP contribution in [0.25, 0.3) is 0 Å². The molecule has 0 saturated carbocycles. The minimum atomic E-state index is -0.0156. The third kappa shape index (κ3) is 1.96. The molecule has 0 radical (unpaired) electrons. The van der Waals surface area contributed by atoms with Crippen LogP contribution in [0.1, 0.15) is 21.5 Å². The third-order valence-electron chi connectivity index (χ3n) is 2.49. The summed E-state index contributed by atoms with van der Waals surface area (Å²) in [5.74, 6) is 0.167. The minimum absolute atomic E-state index is 0.0156. The predicted octanol–water partition coefficient (Wildman–Crippen LogP) is 2.93. The Morgan fingerprint density at radius 3 is 2.38 bits per heavy atom. The molecule has 2 nitrogen and oxygen atoms in total. The summed E-state index contributed by atoms with van der Waals surface area (Å²) in [5.41, 5.74) is 2.08. The van der Waals surface area contributed by atoms with Crippen molar-refractivity contribution in [3.05, 3.63) is 65.2 Å². The summed E-state index contributed by atoms with van der Waals surface area (Å²) in [7, 11) is 0. The average molecular weight is 212 g/mol. The lowest BCUT2D eigenvalue weighted by molar-refractivity contribution is 0.103. The molecule has 2 rings (SSSR count). The lowest BCUT2D eigenvalue weighted by atomic mass is 9.99. The molecule has 0 saturated heterocycles. The second-order valence-electron chi connectivity index (χ2n) is 3.69. The number of benzene rings is 2. The van der Waals surface area contributed by atoms with Gasteiger partial charge in [0.05, 0.1) is 0 Å². The van der Waals surface area contributed by atoms with E-state index in [9.17, 15) is 9.90 Å². The lowest BCUT2D eigenvalue weighted by Crippen LogP contribution is -2.02. The number of phenols is 1. The van der Waals surface area contributed by atoms with E-state index in [1.54, 1.807) is 24.3 Å². The summed E-state index contributed by atoms with van der Waals surface area (Å²) in [4.78, 5) is 12.1. The fraction of sp³-hybridized carbons (Fsp3) is 0.0714. The van der Waals surface area contributed by atoms with Gasteiger partial charge in [-0.1, -0.05) is 30.3 Å². The van der Waals surface area contributed by atoms with Crippen molar-refractivity contribution in [1.82, 2.24) is 0 Å². The van der Waals surface area contributed by atoms with E-state index in [0.29, 0.717) is 11.1 Å². The van der Waals surface area contributed by atoms with Crippen LogP contribution in [0.3, 0.4) is 0 Å². The first kappa shape index (κ1) is 10.4. The van der Waals surface area contributed by atoms with Crippen molar-refractivity contribution in [2.45, 2.75) is 6.92 Å². The van der Waals surface area contributed by atoms with Crippen LogP contribution in [0.5, 0.6) is 5.75 Å². The predicted molar refractivity (Wildman–Crippen MR) is 62.7 cm³/mol. The molecule has 0 aliphatic rings. The number of hydrogen-bond acceptors (Lipinski definition) is 2. The van der Waals surface area contributed by atoms with E-state index >= 15 is 0 Å². The van der Waals surface area contributed by atoms with Gasteiger partial charge in [-0.3, -0.25) is 4.79 Å². The zero-order valence-corrected chi connectivity index (χ0v) is 8.97. The molecule has 0 aliphatic heterocycles. The molecule has 0 unspecified atom stereocenters. The van der Waals surface area contributed by atoms with Gasteiger partial charge in [0.15, 0.2) is 5.78 Å². The van der Waals surface area contributed by atoms with Gasteiger partial charge in [0.1, 0.15) is 5.75 Å². The topological polar surface area (TPSA) is 37.3 Å². The number of carbonyl (C=O) groups excluding carboxylic acids is 1. The fourth-order valence-electron chi connectivity index (χ4n) is 1.65. The molecule has 0 aromatic heterocycles. The highest BCUT2D eigenvalue weighted by Crippen LogP contribution is 2.18. The van der Waals surface area contributed by atoms with Gasteiger partial charge in [-0.2, -0.15) is 0 Å². The van der Waals surface area contributed by atoms with Gasteiger partial charge in [-0.05, 0) is 30.7 Å². The van der Waals surface area contributed by atoms with Crippen LogP contribution in [0, 0.1) is 6.92 Å². The molecule has 16 heavy (non-hydrogen) atoms. The van der Waals surface area contributed by atoms with Crippen molar-refractivity contribution in [2.75, 3.05) is 0 Å². The van der Waals surface area contributed by atoms with E-state index in [4.69, 9.17) is 0 Å². The Morgan fingerprint density at radius 2 is 1.75 bits per heavy atom. The largest absolute Gasteiger partial charge is 0.508 e. The van der Waals surface area contributed by atoms with Crippen molar-refractivity contribution in [1.29, 1.82) is 0 Å². The minimum Gasteiger partial charge on any atom is -0.508 e. The monoisotopic (exact) mass is 212 g/mol. The first-order valence-corrected chi connectivity index (χ1v) is 5.08. The summed E-state index contributed by atoms with van der Waals surface area (Å²) >= 11 is 0. The maximum Gasteiger partial charge on any atom is 0.193 e. The van der Waals surface area contributed by atoms with Gasteiger partial charge in [0, 0.05) is 11.1 Å². The summed E-state index contributed by atoms with van der Waals surface area (Å²) in [6.07, 6.45) is 0. The molecule has 2 aromatic rings. The second kappa shape index (κ2) is 4.19. The molecular weight excluding hydrogens is 200 g/mol. The van der Waals surface area contributed by atoms with Gasteiger partial charge < -0.3 is 5.11 Å². The van der Waals surface area contributed by atoms with Crippen LogP contribution in [0.2, 0.25) is 0 Å². The highest BCUT2D eigenvalue weighted by Gasteiger charge is 2.11. The molecule has 0 amide bonds. The van der Waals surface area contributed by atoms with Gasteiger partial charge in [-0.15, -0.1) is 0 Å². The number of phenolic OH excluding ortho intramolecular Hbond substituents is 1. The molecule has 0 atom stereocenters. The van der Waals surface area contributed by atoms with Crippen LogP contribution in [0.4, 0.5) is 0 Å². The maximum absolute atomic E-state index is 12.1. The summed E-state index contributed by atoms with van der Waals surface area (Å²) in [6, 6.07) is 13.9. The summed E-state index contributed by atoms with van der Waals surface area (Å²) in [5, 5.41) is 9.28. The van der Waals surface area contributed by atoms with Crippen LogP contribution in [-0.2, 0) is 0 Å². The Kier molecular flexibility index (Phi) is 2.73. The standard InChI is InChI=1S/C14H12O2/c1-10-9-12(15)7-8-13(10)14(16)11-5-3-2-4-6-11/h2-9,15H,1H3. The van der Waals surface area contributed by atoms with Crippen molar-refractivity contribution in [3.8, 4) is 5.75 Å². The fourth-order valence-corrected chi connectivity index (χ4v) is 1.65. The highest BCUT2D eigenvalue weighted by atomic mass is 16.3. The number of rotatable bonds is 2. The van der Waals surface area contributed by atoms with E-state index < -0.39 is 0 Å². The van der Waals surface area contributed by atoms with Gasteiger partial charge in [0.2, 0.25) is 0 Å². The molecule has 2 heteroatoms. The van der Waals surface area contributed by atoms with Gasteiger partial charge in [-0.25, -0.2) is 0 Å². The van der Waals surface area contributed by atoms with Crippen LogP contribution in [-0.4, -0.2) is 10.9 Å². The number of aryl methyl sites for hydroxylation is 1. The van der Waals surface area contributed by atoms with E-state index in [2.05, 4.69) is 0 Å². The molecule has 2 aromatic carbocycles. The first-order valence-electron chi connectivity index (χ1n) is 5.08. The third-order valence-corrected chi connectivity index (χ3v) is 2.49. The van der Waals surface area contributed by atoms with Crippen molar-refractivity contribution in [2.24, 2.45) is 0 Å². The smallest absolute Gasteiger partial charge is 0.193 e. The SMILES string of the molecule is Cc1cc(O)ccc1C(=O)c1ccccc1. The lowest BCUT2D eigenvalue weighted by Gasteiger charge is -2.05. The summed E-state index contributed by atoms with van der Waals surface area (Å²) < 4.78 is 0. The Balaban J connectivity index is 2.42. The Bertz CT molecular complexity index is 516. The number of hydrogen-bond donors (Lipinski definition) is 1. The number of carbonyl (C=O) groups is 1. The van der Waals surface area contributed by atoms with E-state index in [-0.39, 0.29) is 11.5 Å². The van der Waals surface area contributed by atoms with Crippen molar-refractivity contribution < 1.29 is 9.90 Å². The van der Waals surface area contributed by atoms with Crippen LogP contribution >= 0.6 is 0 Å². The van der Waals surface area contributed by atoms with Crippen molar-refractivity contribution >= 4 is 5.78 Å². The Hall–Kier alpha value is -2.09. The Labute approximate surface area is 94.2 Å². The van der Waals surface area contributed by atoms with E-state index in [0.717, 1.165) is 5.56 Å². The van der Waals surface area contributed by atoms with E-state index in [1.807, 2.05) is 25.1 Å². The molecule has 80 valence electrons. The molecule has 0 bridgehead atoms. The normalized spacial score (nSPS) is 10.1. The molecule has 0 fully saturated rings. The zero-order chi connectivity index (χ0) is 11.5. The average Bonchev–Trinajstić information content (AvgIpc) is 2.29. The van der Waals surface area contributed by atoms with Gasteiger partial charge in [0.25, 0.3) is 0 Å². The van der Waals surface area contributed by atoms with Crippen molar-refractivity contribution in [3.63, 3.8) is 0 Å². The quantitative estimate of drug-likeness (QED) is 0.777. The molecule has 1 N–H and O–H groups in total.